The molecule has 4 heterocycles. The topological polar surface area (TPSA) is 48.5 Å². The quantitative estimate of drug-likeness (QED) is 0.160. The summed E-state index contributed by atoms with van der Waals surface area (Å²) in [4.78, 5) is 15.0. The van der Waals surface area contributed by atoms with Gasteiger partial charge in [0.25, 0.3) is 0 Å². The van der Waals surface area contributed by atoms with Crippen molar-refractivity contribution >= 4 is 64.2 Å². The molecule has 4 aromatic heterocycles. The van der Waals surface area contributed by atoms with Crippen LogP contribution in [0.3, 0.4) is 0 Å². The van der Waals surface area contributed by atoms with Crippen molar-refractivity contribution in [1.82, 2.24) is 24.1 Å². The molecule has 0 radical (unpaired) electrons. The molecule has 0 N–H and O–H groups in total. The van der Waals surface area contributed by atoms with Crippen molar-refractivity contribution in [2.24, 2.45) is 0 Å². The maximum atomic E-state index is 5.05. The number of para-hydroxylation sites is 1. The highest BCUT2D eigenvalue weighted by atomic mass is 32.1. The van der Waals surface area contributed by atoms with E-state index in [0.29, 0.717) is 17.5 Å². The Morgan fingerprint density at radius 2 is 0.892 bits per heavy atom. The van der Waals surface area contributed by atoms with Gasteiger partial charge in [-0.05, 0) is 94.0 Å². The van der Waals surface area contributed by atoms with Crippen LogP contribution in [-0.2, 0) is 5.41 Å². The Labute approximate surface area is 432 Å². The molecule has 14 aromatic rings. The molecule has 0 saturated carbocycles. The summed E-state index contributed by atoms with van der Waals surface area (Å²) in [5, 5.41) is 6.32. The Balaban J connectivity index is 0.919. The molecule has 0 saturated heterocycles. The van der Waals surface area contributed by atoms with E-state index in [1.807, 2.05) is 72.0 Å². The molecule has 5 nitrogen and oxygen atoms in total. The summed E-state index contributed by atoms with van der Waals surface area (Å²) in [7, 11) is 0. The summed E-state index contributed by atoms with van der Waals surface area (Å²) >= 11 is 1.88. The van der Waals surface area contributed by atoms with Crippen LogP contribution in [0.15, 0.2) is 237 Å². The molecule has 0 unspecified atom stereocenters. The molecule has 0 fully saturated rings. The fraction of sp³-hybridized carbons (Fsp3) is 0.0441. The van der Waals surface area contributed by atoms with Crippen LogP contribution in [0.4, 0.5) is 0 Å². The van der Waals surface area contributed by atoms with Crippen LogP contribution in [0.2, 0.25) is 0 Å². The third-order valence-electron chi connectivity index (χ3n) is 15.3. The molecule has 0 atom stereocenters. The summed E-state index contributed by atoms with van der Waals surface area (Å²) in [6, 6.07) is 85.4. The second-order valence-electron chi connectivity index (χ2n) is 20.0. The highest BCUT2D eigenvalue weighted by Crippen LogP contribution is 2.55. The molecular weight excluding hydrogens is 919 g/mol. The van der Waals surface area contributed by atoms with E-state index in [1.165, 1.54) is 86.4 Å². The summed E-state index contributed by atoms with van der Waals surface area (Å²) < 4.78 is 7.63. The molecule has 0 aliphatic heterocycles. The van der Waals surface area contributed by atoms with E-state index < -0.39 is 0 Å². The number of rotatable bonds is 7. The minimum Gasteiger partial charge on any atom is -0.309 e. The van der Waals surface area contributed by atoms with Crippen molar-refractivity contribution < 1.29 is 0 Å². The smallest absolute Gasteiger partial charge is 0.164 e. The normalized spacial score (nSPS) is 12.8. The fourth-order valence-electron chi connectivity index (χ4n) is 11.9. The van der Waals surface area contributed by atoms with Gasteiger partial charge < -0.3 is 9.13 Å². The summed E-state index contributed by atoms with van der Waals surface area (Å²) in [5.41, 5.74) is 18.4. The van der Waals surface area contributed by atoms with E-state index in [2.05, 4.69) is 199 Å². The molecule has 0 amide bonds. The average Bonchev–Trinajstić information content (AvgIpc) is 4.19. The van der Waals surface area contributed by atoms with Crippen molar-refractivity contribution in [3.63, 3.8) is 0 Å². The third-order valence-corrected chi connectivity index (χ3v) is 16.6. The van der Waals surface area contributed by atoms with Crippen molar-refractivity contribution in [3.05, 3.63) is 248 Å². The Kier molecular flexibility index (Phi) is 9.41. The number of hydrogen-bond donors (Lipinski definition) is 0. The van der Waals surface area contributed by atoms with Gasteiger partial charge in [0.1, 0.15) is 0 Å². The summed E-state index contributed by atoms with van der Waals surface area (Å²) in [6.45, 7) is 4.79. The van der Waals surface area contributed by atoms with Gasteiger partial charge in [0, 0.05) is 75.4 Å². The lowest BCUT2D eigenvalue weighted by Gasteiger charge is -2.21. The molecule has 1 aliphatic rings. The number of benzene rings is 10. The minimum absolute atomic E-state index is 0.214. The second-order valence-corrected chi connectivity index (χ2v) is 21.0. The SMILES string of the molecule is CC1(C)c2ccccc2-c2c1c1cc3c(cc1n2-c1ccccc1)c1cc(-c2cccc4c2sc2ccccc24)ccc1n3-c1ccc(-c2cccc(-c3nc(-c4ccccc4)nc(-c4ccccc4)n3)c2)cc1. The van der Waals surface area contributed by atoms with Crippen molar-refractivity contribution in [1.29, 1.82) is 0 Å². The summed E-state index contributed by atoms with van der Waals surface area (Å²) in [5.74, 6) is 1.92. The molecule has 10 aromatic carbocycles. The van der Waals surface area contributed by atoms with E-state index in [0.717, 1.165) is 39.2 Å². The van der Waals surface area contributed by atoms with E-state index in [-0.39, 0.29) is 5.41 Å². The maximum Gasteiger partial charge on any atom is 0.164 e. The van der Waals surface area contributed by atoms with Gasteiger partial charge in [-0.3, -0.25) is 0 Å². The first-order valence-electron chi connectivity index (χ1n) is 25.3. The third kappa shape index (κ3) is 6.51. The Hall–Kier alpha value is -9.23. The van der Waals surface area contributed by atoms with Crippen LogP contribution in [0, 0.1) is 0 Å². The van der Waals surface area contributed by atoms with Crippen LogP contribution in [0.1, 0.15) is 25.0 Å². The predicted octanol–water partition coefficient (Wildman–Crippen LogP) is 17.9. The standard InChI is InChI=1S/C68H45N5S/c1-68(2)57-30-14-12-27-53(57)63-62(68)56-41-59-55(40-60(56)73(63)48-24-10-5-11-25-48)54-39-46(50-28-17-29-52-51-26-13-15-31-61(51)74-64(50)52)34-37-58(54)72(59)49-35-32-42(33-36-49)45-22-16-23-47(38-45)67-70-65(43-18-6-3-7-19-43)69-66(71-67)44-20-8-4-9-21-44/h3-41H,1-2H3. The van der Waals surface area contributed by atoms with Gasteiger partial charge >= 0.3 is 0 Å². The maximum absolute atomic E-state index is 5.05. The van der Waals surface area contributed by atoms with Gasteiger partial charge in [0.15, 0.2) is 17.5 Å². The molecule has 6 heteroatoms. The minimum atomic E-state index is -0.214. The average molecular weight is 964 g/mol. The van der Waals surface area contributed by atoms with Gasteiger partial charge in [0.2, 0.25) is 0 Å². The molecule has 74 heavy (non-hydrogen) atoms. The molecule has 0 spiro atoms. The zero-order valence-electron chi connectivity index (χ0n) is 40.7. The van der Waals surface area contributed by atoms with Crippen molar-refractivity contribution in [2.75, 3.05) is 0 Å². The molecule has 1 aliphatic carbocycles. The van der Waals surface area contributed by atoms with Gasteiger partial charge in [-0.15, -0.1) is 11.3 Å². The lowest BCUT2D eigenvalue weighted by molar-refractivity contribution is 0.666. The first-order chi connectivity index (χ1) is 36.4. The number of fused-ring (bicyclic) bond motifs is 11. The Bertz CT molecular complexity index is 4490. The monoisotopic (exact) mass is 963 g/mol. The molecule has 15 rings (SSSR count). The number of nitrogens with zero attached hydrogens (tertiary/aromatic N) is 5. The number of aromatic nitrogens is 5. The van der Waals surface area contributed by atoms with Crippen LogP contribution in [0.5, 0.6) is 0 Å². The van der Waals surface area contributed by atoms with E-state index in [1.54, 1.807) is 0 Å². The Morgan fingerprint density at radius 3 is 1.65 bits per heavy atom. The van der Waals surface area contributed by atoms with Gasteiger partial charge in [-0.1, -0.05) is 190 Å². The first-order valence-corrected chi connectivity index (χ1v) is 26.1. The van der Waals surface area contributed by atoms with Crippen LogP contribution < -0.4 is 0 Å². The van der Waals surface area contributed by atoms with Crippen LogP contribution in [0.25, 0.3) is 132 Å². The largest absolute Gasteiger partial charge is 0.309 e. The molecule has 0 bridgehead atoms. The lowest BCUT2D eigenvalue weighted by atomic mass is 9.81. The van der Waals surface area contributed by atoms with E-state index in [9.17, 15) is 0 Å². The second kappa shape index (κ2) is 16.4. The van der Waals surface area contributed by atoms with Crippen molar-refractivity contribution in [2.45, 2.75) is 19.3 Å². The van der Waals surface area contributed by atoms with E-state index >= 15 is 0 Å². The Morgan fingerprint density at radius 1 is 0.351 bits per heavy atom. The molecule has 348 valence electrons. The molecular formula is C68H45N5S. The zero-order chi connectivity index (χ0) is 49.1. The summed E-state index contributed by atoms with van der Waals surface area (Å²) in [6.07, 6.45) is 0. The zero-order valence-corrected chi connectivity index (χ0v) is 41.5. The van der Waals surface area contributed by atoms with Crippen LogP contribution in [-0.4, -0.2) is 24.1 Å². The van der Waals surface area contributed by atoms with Gasteiger partial charge in [-0.25, -0.2) is 15.0 Å². The number of thiophene rings is 1. The fourth-order valence-corrected chi connectivity index (χ4v) is 13.1. The van der Waals surface area contributed by atoms with E-state index in [4.69, 9.17) is 15.0 Å². The first kappa shape index (κ1) is 42.5. The highest BCUT2D eigenvalue weighted by Gasteiger charge is 2.41. The van der Waals surface area contributed by atoms with Gasteiger partial charge in [-0.2, -0.15) is 0 Å². The van der Waals surface area contributed by atoms with Crippen molar-refractivity contribution in [3.8, 4) is 79.0 Å². The lowest BCUT2D eigenvalue weighted by Crippen LogP contribution is -2.14. The highest BCUT2D eigenvalue weighted by molar-refractivity contribution is 7.26. The van der Waals surface area contributed by atoms with Crippen LogP contribution >= 0.6 is 11.3 Å². The predicted molar refractivity (Wildman–Crippen MR) is 309 cm³/mol. The van der Waals surface area contributed by atoms with Gasteiger partial charge in [0.05, 0.1) is 22.2 Å². The number of hydrogen-bond acceptors (Lipinski definition) is 4.